The molecule has 0 saturated heterocycles. The molecule has 0 saturated carbocycles. The maximum absolute atomic E-state index is 4.68. The summed E-state index contributed by atoms with van der Waals surface area (Å²) in [6, 6.07) is 8.36. The quantitative estimate of drug-likeness (QED) is 0.383. The van der Waals surface area contributed by atoms with Crippen LogP contribution in [0.5, 0.6) is 0 Å². The van der Waals surface area contributed by atoms with Crippen LogP contribution >= 0.6 is 39.9 Å². The van der Waals surface area contributed by atoms with Crippen molar-refractivity contribution in [3.63, 3.8) is 0 Å². The van der Waals surface area contributed by atoms with E-state index in [1.165, 1.54) is 5.56 Å². The van der Waals surface area contributed by atoms with Gasteiger partial charge in [-0.15, -0.1) is 24.0 Å². The lowest BCUT2D eigenvalue weighted by Gasteiger charge is -2.22. The monoisotopic (exact) mass is 491 g/mol. The molecule has 2 aromatic rings. The van der Waals surface area contributed by atoms with E-state index in [2.05, 4.69) is 74.4 Å². The first-order valence-electron chi connectivity index (χ1n) is 7.38. The van der Waals surface area contributed by atoms with Crippen LogP contribution in [0, 0.1) is 0 Å². The van der Waals surface area contributed by atoms with Gasteiger partial charge in [0.05, 0.1) is 12.9 Å². The van der Waals surface area contributed by atoms with E-state index in [0.717, 1.165) is 36.6 Å². The smallest absolute Gasteiger partial charge is 0.194 e. The number of hydrogen-bond donors (Lipinski definition) is 1. The molecule has 0 fully saturated rings. The Morgan fingerprint density at radius 2 is 2.09 bits per heavy atom. The highest BCUT2D eigenvalue weighted by Crippen LogP contribution is 2.11. The standard InChI is InChI=1S/C16H22BrN5.HI/c1-3-19-16(20-9-11-22-10-8-18-13-22)21(2)12-14-4-6-15(17)7-5-14;/h4-8,10,13H,3,9,11-12H2,1-2H3,(H,19,20);1H. The van der Waals surface area contributed by atoms with Gasteiger partial charge in [0.15, 0.2) is 5.96 Å². The van der Waals surface area contributed by atoms with Crippen molar-refractivity contribution in [3.05, 3.63) is 53.0 Å². The van der Waals surface area contributed by atoms with E-state index in [9.17, 15) is 0 Å². The lowest BCUT2D eigenvalue weighted by atomic mass is 10.2. The van der Waals surface area contributed by atoms with Gasteiger partial charge in [-0.2, -0.15) is 0 Å². The van der Waals surface area contributed by atoms with E-state index in [0.29, 0.717) is 0 Å². The van der Waals surface area contributed by atoms with E-state index in [-0.39, 0.29) is 24.0 Å². The summed E-state index contributed by atoms with van der Waals surface area (Å²) >= 11 is 3.46. The summed E-state index contributed by atoms with van der Waals surface area (Å²) in [7, 11) is 2.06. The fourth-order valence-electron chi connectivity index (χ4n) is 2.10. The highest BCUT2D eigenvalue weighted by molar-refractivity contribution is 14.0. The molecule has 0 radical (unpaired) electrons. The number of imidazole rings is 1. The van der Waals surface area contributed by atoms with E-state index < -0.39 is 0 Å². The van der Waals surface area contributed by atoms with Crippen molar-refractivity contribution >= 4 is 45.9 Å². The number of benzene rings is 1. The van der Waals surface area contributed by atoms with Crippen molar-refractivity contribution in [1.82, 2.24) is 19.8 Å². The second-order valence-electron chi connectivity index (χ2n) is 5.02. The molecule has 126 valence electrons. The summed E-state index contributed by atoms with van der Waals surface area (Å²) < 4.78 is 3.13. The molecule has 5 nitrogen and oxygen atoms in total. The Kier molecular flexibility index (Phi) is 9.23. The van der Waals surface area contributed by atoms with Gasteiger partial charge in [0, 0.05) is 43.5 Å². The number of aliphatic imine (C=N–C) groups is 1. The molecule has 7 heteroatoms. The predicted octanol–water partition coefficient (Wildman–Crippen LogP) is 3.36. The van der Waals surface area contributed by atoms with Gasteiger partial charge in [0.1, 0.15) is 0 Å². The molecular formula is C16H23BrIN5. The minimum absolute atomic E-state index is 0. The van der Waals surface area contributed by atoms with E-state index in [1.807, 2.05) is 17.1 Å². The van der Waals surface area contributed by atoms with Crippen molar-refractivity contribution < 1.29 is 0 Å². The van der Waals surface area contributed by atoms with Gasteiger partial charge < -0.3 is 14.8 Å². The summed E-state index contributed by atoms with van der Waals surface area (Å²) in [4.78, 5) is 10.9. The molecule has 23 heavy (non-hydrogen) atoms. The van der Waals surface area contributed by atoms with E-state index in [1.54, 1.807) is 6.20 Å². The van der Waals surface area contributed by atoms with Gasteiger partial charge in [-0.05, 0) is 24.6 Å². The zero-order valence-corrected chi connectivity index (χ0v) is 17.4. The molecule has 1 aromatic carbocycles. The third-order valence-electron chi connectivity index (χ3n) is 3.21. The minimum Gasteiger partial charge on any atom is -0.357 e. The Labute approximate surface area is 163 Å². The van der Waals surface area contributed by atoms with Crippen LogP contribution in [-0.2, 0) is 13.1 Å². The topological polar surface area (TPSA) is 45.5 Å². The maximum Gasteiger partial charge on any atom is 0.194 e. The highest BCUT2D eigenvalue weighted by Gasteiger charge is 2.06. The van der Waals surface area contributed by atoms with Gasteiger partial charge >= 0.3 is 0 Å². The molecule has 0 aliphatic rings. The minimum atomic E-state index is 0. The zero-order valence-electron chi connectivity index (χ0n) is 13.4. The molecule has 1 N–H and O–H groups in total. The Bertz CT molecular complexity index is 583. The number of aromatic nitrogens is 2. The first kappa shape index (κ1) is 20.0. The van der Waals surface area contributed by atoms with E-state index in [4.69, 9.17) is 0 Å². The Morgan fingerprint density at radius 1 is 1.35 bits per heavy atom. The summed E-state index contributed by atoms with van der Waals surface area (Å²) in [5.41, 5.74) is 1.26. The van der Waals surface area contributed by atoms with Crippen molar-refractivity contribution in [2.45, 2.75) is 20.0 Å². The molecule has 0 aliphatic heterocycles. The highest BCUT2D eigenvalue weighted by atomic mass is 127. The van der Waals surface area contributed by atoms with Gasteiger partial charge in [-0.1, -0.05) is 28.1 Å². The van der Waals surface area contributed by atoms with Crippen molar-refractivity contribution in [2.24, 2.45) is 4.99 Å². The van der Waals surface area contributed by atoms with Crippen molar-refractivity contribution in [3.8, 4) is 0 Å². The number of hydrogen-bond acceptors (Lipinski definition) is 2. The largest absolute Gasteiger partial charge is 0.357 e. The molecule has 0 unspecified atom stereocenters. The number of nitrogens with one attached hydrogen (secondary N) is 1. The van der Waals surface area contributed by atoms with E-state index >= 15 is 0 Å². The molecule has 1 heterocycles. The Balaban J connectivity index is 0.00000264. The number of rotatable bonds is 6. The summed E-state index contributed by atoms with van der Waals surface area (Å²) in [5.74, 6) is 0.922. The second kappa shape index (κ2) is 10.6. The van der Waals surface area contributed by atoms with Gasteiger partial charge in [-0.3, -0.25) is 4.99 Å². The molecular weight excluding hydrogens is 469 g/mol. The van der Waals surface area contributed by atoms with Crippen molar-refractivity contribution in [1.29, 1.82) is 0 Å². The van der Waals surface area contributed by atoms with Crippen LogP contribution < -0.4 is 5.32 Å². The molecule has 2 rings (SSSR count). The van der Waals surface area contributed by atoms with Crippen LogP contribution in [0.15, 0.2) is 52.5 Å². The van der Waals surface area contributed by atoms with Gasteiger partial charge in [0.2, 0.25) is 0 Å². The lowest BCUT2D eigenvalue weighted by molar-refractivity contribution is 0.475. The first-order valence-corrected chi connectivity index (χ1v) is 8.18. The van der Waals surface area contributed by atoms with Crippen LogP contribution in [0.25, 0.3) is 0 Å². The summed E-state index contributed by atoms with van der Waals surface area (Å²) in [6.07, 6.45) is 5.55. The fraction of sp³-hybridized carbons (Fsp3) is 0.375. The number of guanidine groups is 1. The third-order valence-corrected chi connectivity index (χ3v) is 3.74. The van der Waals surface area contributed by atoms with Gasteiger partial charge in [-0.25, -0.2) is 4.98 Å². The molecule has 1 aromatic heterocycles. The zero-order chi connectivity index (χ0) is 15.8. The fourth-order valence-corrected chi connectivity index (χ4v) is 2.36. The van der Waals surface area contributed by atoms with Crippen LogP contribution in [0.1, 0.15) is 12.5 Å². The van der Waals surface area contributed by atoms with Crippen LogP contribution in [0.2, 0.25) is 0 Å². The van der Waals surface area contributed by atoms with Gasteiger partial charge in [0.25, 0.3) is 0 Å². The lowest BCUT2D eigenvalue weighted by Crippen LogP contribution is -2.38. The second-order valence-corrected chi connectivity index (χ2v) is 5.93. The average Bonchev–Trinajstić information content (AvgIpc) is 3.02. The Hall–Kier alpha value is -1.09. The summed E-state index contributed by atoms with van der Waals surface area (Å²) in [5, 5.41) is 3.34. The average molecular weight is 492 g/mol. The number of halogens is 2. The van der Waals surface area contributed by atoms with Crippen molar-refractivity contribution in [2.75, 3.05) is 20.1 Å². The maximum atomic E-state index is 4.68. The third kappa shape index (κ3) is 6.90. The molecule has 0 amide bonds. The number of nitrogens with zero attached hydrogens (tertiary/aromatic N) is 4. The molecule has 0 atom stereocenters. The molecule has 0 spiro atoms. The molecule has 0 bridgehead atoms. The first-order chi connectivity index (χ1) is 10.7. The Morgan fingerprint density at radius 3 is 2.70 bits per heavy atom. The van der Waals surface area contributed by atoms with Crippen LogP contribution in [-0.4, -0.2) is 40.5 Å². The molecule has 0 aliphatic carbocycles. The SMILES string of the molecule is CCNC(=NCCn1ccnc1)N(C)Cc1ccc(Br)cc1.I. The predicted molar refractivity (Wildman–Crippen MR) is 109 cm³/mol. The van der Waals surface area contributed by atoms with Crippen LogP contribution in [0.4, 0.5) is 0 Å². The van der Waals surface area contributed by atoms with Crippen LogP contribution in [0.3, 0.4) is 0 Å². The summed E-state index contributed by atoms with van der Waals surface area (Å²) in [6.45, 7) is 5.32. The normalized spacial score (nSPS) is 11.0.